The van der Waals surface area contributed by atoms with Crippen LogP contribution in [0.5, 0.6) is 0 Å². The molecule has 3 unspecified atom stereocenters. The summed E-state index contributed by atoms with van der Waals surface area (Å²) >= 11 is 0. The van der Waals surface area contributed by atoms with Crippen molar-refractivity contribution < 1.29 is 0 Å². The van der Waals surface area contributed by atoms with Gasteiger partial charge in [0.05, 0.1) is 0 Å². The summed E-state index contributed by atoms with van der Waals surface area (Å²) in [5.74, 6) is 0.910. The average Bonchev–Trinajstić information content (AvgIpc) is 2.55. The van der Waals surface area contributed by atoms with Gasteiger partial charge in [0, 0.05) is 12.1 Å². The maximum atomic E-state index is 3.58. The summed E-state index contributed by atoms with van der Waals surface area (Å²) in [4.78, 5) is 0. The molecule has 2 N–H and O–H groups in total. The molecule has 2 aliphatic rings. The Morgan fingerprint density at radius 3 is 2.73 bits per heavy atom. The van der Waals surface area contributed by atoms with E-state index >= 15 is 0 Å². The summed E-state index contributed by atoms with van der Waals surface area (Å²) in [5.41, 5.74) is 0. The Bertz CT molecular complexity index is 130. The Labute approximate surface area is 68.7 Å². The highest BCUT2D eigenvalue weighted by molar-refractivity contribution is 4.89. The van der Waals surface area contributed by atoms with E-state index in [2.05, 4.69) is 17.6 Å². The zero-order valence-electron chi connectivity index (χ0n) is 7.27. The van der Waals surface area contributed by atoms with E-state index in [1.54, 1.807) is 0 Å². The SMILES string of the molecule is CC1CC(C2CCCN2)CN1. The van der Waals surface area contributed by atoms with Gasteiger partial charge in [0.15, 0.2) is 0 Å². The molecule has 0 aromatic carbocycles. The van der Waals surface area contributed by atoms with Crippen LogP contribution in [0.15, 0.2) is 0 Å². The van der Waals surface area contributed by atoms with Gasteiger partial charge in [-0.15, -0.1) is 0 Å². The fourth-order valence-electron chi connectivity index (χ4n) is 2.39. The number of hydrogen-bond acceptors (Lipinski definition) is 2. The lowest BCUT2D eigenvalue weighted by atomic mass is 9.96. The van der Waals surface area contributed by atoms with Gasteiger partial charge in [-0.05, 0) is 45.2 Å². The molecule has 2 aliphatic heterocycles. The summed E-state index contributed by atoms with van der Waals surface area (Å²) in [6.45, 7) is 4.77. The Morgan fingerprint density at radius 1 is 1.27 bits per heavy atom. The Hall–Kier alpha value is -0.0800. The van der Waals surface area contributed by atoms with Crippen molar-refractivity contribution >= 4 is 0 Å². The van der Waals surface area contributed by atoms with E-state index in [-0.39, 0.29) is 0 Å². The van der Waals surface area contributed by atoms with Crippen LogP contribution in [0.4, 0.5) is 0 Å². The fraction of sp³-hybridized carbons (Fsp3) is 1.00. The maximum Gasteiger partial charge on any atom is 0.0108 e. The van der Waals surface area contributed by atoms with Crippen molar-refractivity contribution in [2.75, 3.05) is 13.1 Å². The molecule has 2 saturated heterocycles. The Kier molecular flexibility index (Phi) is 2.14. The van der Waals surface area contributed by atoms with Crippen molar-refractivity contribution in [2.45, 2.75) is 38.3 Å². The molecule has 0 aromatic heterocycles. The van der Waals surface area contributed by atoms with Crippen LogP contribution in [0.3, 0.4) is 0 Å². The van der Waals surface area contributed by atoms with Gasteiger partial charge in [0.25, 0.3) is 0 Å². The molecule has 2 rings (SSSR count). The van der Waals surface area contributed by atoms with E-state index in [1.165, 1.54) is 32.4 Å². The molecular formula is C9H18N2. The molecule has 3 atom stereocenters. The molecule has 0 spiro atoms. The second-order valence-corrected chi connectivity index (χ2v) is 4.01. The molecule has 0 aromatic rings. The summed E-state index contributed by atoms with van der Waals surface area (Å²) < 4.78 is 0. The van der Waals surface area contributed by atoms with E-state index in [0.717, 1.165) is 18.0 Å². The summed E-state index contributed by atoms with van der Waals surface area (Å²) in [6.07, 6.45) is 4.16. The van der Waals surface area contributed by atoms with Crippen molar-refractivity contribution in [3.05, 3.63) is 0 Å². The summed E-state index contributed by atoms with van der Waals surface area (Å²) in [6, 6.07) is 1.58. The van der Waals surface area contributed by atoms with Crippen LogP contribution >= 0.6 is 0 Å². The molecule has 0 saturated carbocycles. The van der Waals surface area contributed by atoms with E-state index in [4.69, 9.17) is 0 Å². The number of rotatable bonds is 1. The van der Waals surface area contributed by atoms with Crippen molar-refractivity contribution in [1.82, 2.24) is 10.6 Å². The van der Waals surface area contributed by atoms with Crippen molar-refractivity contribution in [3.8, 4) is 0 Å². The van der Waals surface area contributed by atoms with Crippen LogP contribution in [0, 0.1) is 5.92 Å². The molecule has 2 heterocycles. The molecule has 64 valence electrons. The van der Waals surface area contributed by atoms with Gasteiger partial charge in [-0.25, -0.2) is 0 Å². The van der Waals surface area contributed by atoms with Gasteiger partial charge in [-0.2, -0.15) is 0 Å². The first-order valence-corrected chi connectivity index (χ1v) is 4.83. The predicted octanol–water partition coefficient (Wildman–Crippen LogP) is 0.736. The van der Waals surface area contributed by atoms with E-state index < -0.39 is 0 Å². The molecule has 11 heavy (non-hydrogen) atoms. The molecule has 2 heteroatoms. The highest BCUT2D eigenvalue weighted by Gasteiger charge is 2.29. The van der Waals surface area contributed by atoms with Crippen molar-refractivity contribution in [2.24, 2.45) is 5.92 Å². The summed E-state index contributed by atoms with van der Waals surface area (Å²) in [7, 11) is 0. The molecule has 2 fully saturated rings. The van der Waals surface area contributed by atoms with Gasteiger partial charge in [0.2, 0.25) is 0 Å². The van der Waals surface area contributed by atoms with E-state index in [1.807, 2.05) is 0 Å². The van der Waals surface area contributed by atoms with E-state index in [9.17, 15) is 0 Å². The topological polar surface area (TPSA) is 24.1 Å². The Morgan fingerprint density at radius 2 is 2.18 bits per heavy atom. The highest BCUT2D eigenvalue weighted by atomic mass is 15.0. The minimum Gasteiger partial charge on any atom is -0.314 e. The first kappa shape index (κ1) is 7.56. The first-order valence-electron chi connectivity index (χ1n) is 4.83. The lowest BCUT2D eigenvalue weighted by molar-refractivity contribution is 0.413. The molecular weight excluding hydrogens is 136 g/mol. The summed E-state index contributed by atoms with van der Waals surface area (Å²) in [5, 5.41) is 7.09. The molecule has 2 nitrogen and oxygen atoms in total. The molecule has 0 aliphatic carbocycles. The third-order valence-corrected chi connectivity index (χ3v) is 3.05. The van der Waals surface area contributed by atoms with Crippen LogP contribution in [-0.2, 0) is 0 Å². The van der Waals surface area contributed by atoms with Crippen LogP contribution in [0.1, 0.15) is 26.2 Å². The second-order valence-electron chi connectivity index (χ2n) is 4.01. The second kappa shape index (κ2) is 3.11. The monoisotopic (exact) mass is 154 g/mol. The maximum absolute atomic E-state index is 3.58. The van der Waals surface area contributed by atoms with E-state index in [0.29, 0.717) is 0 Å². The highest BCUT2D eigenvalue weighted by Crippen LogP contribution is 2.22. The van der Waals surface area contributed by atoms with Gasteiger partial charge < -0.3 is 10.6 Å². The van der Waals surface area contributed by atoms with Crippen LogP contribution < -0.4 is 10.6 Å². The minimum absolute atomic E-state index is 0.752. The predicted molar refractivity (Wildman–Crippen MR) is 46.6 cm³/mol. The van der Waals surface area contributed by atoms with Gasteiger partial charge >= 0.3 is 0 Å². The third kappa shape index (κ3) is 1.57. The van der Waals surface area contributed by atoms with Gasteiger partial charge in [0.1, 0.15) is 0 Å². The smallest absolute Gasteiger partial charge is 0.0108 e. The lowest BCUT2D eigenvalue weighted by Gasteiger charge is -2.16. The standard InChI is InChI=1S/C9H18N2/c1-7-5-8(6-11-7)9-3-2-4-10-9/h7-11H,2-6H2,1H3. The van der Waals surface area contributed by atoms with Gasteiger partial charge in [-0.3, -0.25) is 0 Å². The normalized spacial score (nSPS) is 45.0. The minimum atomic E-state index is 0.752. The van der Waals surface area contributed by atoms with Crippen LogP contribution in [0.2, 0.25) is 0 Å². The van der Waals surface area contributed by atoms with Crippen molar-refractivity contribution in [3.63, 3.8) is 0 Å². The Balaban J connectivity index is 1.85. The fourth-order valence-corrected chi connectivity index (χ4v) is 2.39. The zero-order valence-corrected chi connectivity index (χ0v) is 7.27. The lowest BCUT2D eigenvalue weighted by Crippen LogP contribution is -2.31. The average molecular weight is 154 g/mol. The molecule has 0 radical (unpaired) electrons. The third-order valence-electron chi connectivity index (χ3n) is 3.05. The van der Waals surface area contributed by atoms with Crippen LogP contribution in [0.25, 0.3) is 0 Å². The molecule has 0 amide bonds. The van der Waals surface area contributed by atoms with Crippen molar-refractivity contribution in [1.29, 1.82) is 0 Å². The van der Waals surface area contributed by atoms with Crippen LogP contribution in [-0.4, -0.2) is 25.2 Å². The number of hydrogen-bond donors (Lipinski definition) is 2. The number of nitrogens with one attached hydrogen (secondary N) is 2. The zero-order chi connectivity index (χ0) is 7.68. The first-order chi connectivity index (χ1) is 5.36. The largest absolute Gasteiger partial charge is 0.314 e. The molecule has 0 bridgehead atoms. The quantitative estimate of drug-likeness (QED) is 0.582. The van der Waals surface area contributed by atoms with Gasteiger partial charge in [-0.1, -0.05) is 0 Å².